The molecule has 1 heterocycles. The lowest BCUT2D eigenvalue weighted by Crippen LogP contribution is -2.32. The number of hydrogen-bond acceptors (Lipinski definition) is 3. The summed E-state index contributed by atoms with van der Waals surface area (Å²) >= 11 is 5.74. The highest BCUT2D eigenvalue weighted by molar-refractivity contribution is 6.30. The number of carbonyl (C=O) groups excluding carboxylic acids is 1. The van der Waals surface area contributed by atoms with E-state index in [-0.39, 0.29) is 17.2 Å². The molecular weight excluding hydrogens is 276 g/mol. The number of phenols is 1. The van der Waals surface area contributed by atoms with E-state index in [0.29, 0.717) is 17.5 Å². The number of amides is 1. The molecule has 0 aromatic heterocycles. The largest absolute Gasteiger partial charge is 0.507 e. The van der Waals surface area contributed by atoms with Crippen LogP contribution in [0.3, 0.4) is 0 Å². The van der Waals surface area contributed by atoms with Crippen LogP contribution in [0.1, 0.15) is 29.6 Å². The minimum Gasteiger partial charge on any atom is -0.507 e. The third-order valence-electron chi connectivity index (χ3n) is 3.88. The van der Waals surface area contributed by atoms with Crippen molar-refractivity contribution in [1.82, 2.24) is 10.2 Å². The zero-order chi connectivity index (χ0) is 14.5. The lowest BCUT2D eigenvalue weighted by molar-refractivity contribution is 0.0946. The Bertz CT molecular complexity index is 471. The van der Waals surface area contributed by atoms with E-state index in [9.17, 15) is 9.90 Å². The normalized spacial score (nSPS) is 17.1. The zero-order valence-corrected chi connectivity index (χ0v) is 12.5. The van der Waals surface area contributed by atoms with Crippen molar-refractivity contribution in [3.63, 3.8) is 0 Å². The quantitative estimate of drug-likeness (QED) is 0.897. The fourth-order valence-corrected chi connectivity index (χ4v) is 2.70. The lowest BCUT2D eigenvalue weighted by atomic mass is 9.94. The van der Waals surface area contributed by atoms with Gasteiger partial charge >= 0.3 is 0 Å². The average molecular weight is 297 g/mol. The van der Waals surface area contributed by atoms with Crippen LogP contribution in [0.4, 0.5) is 0 Å². The summed E-state index contributed by atoms with van der Waals surface area (Å²) in [6.07, 6.45) is 3.38. The van der Waals surface area contributed by atoms with Gasteiger partial charge in [-0.1, -0.05) is 11.6 Å². The SMILES string of the molecule is CN1CCC(CCNC(=O)c2ccc(Cl)cc2O)CC1. The second-order valence-corrected chi connectivity index (χ2v) is 5.89. The number of carbonyl (C=O) groups is 1. The van der Waals surface area contributed by atoms with Gasteiger partial charge in [0.15, 0.2) is 0 Å². The second kappa shape index (κ2) is 6.95. The molecule has 1 saturated heterocycles. The highest BCUT2D eigenvalue weighted by Crippen LogP contribution is 2.22. The molecule has 2 N–H and O–H groups in total. The van der Waals surface area contributed by atoms with Crippen molar-refractivity contribution in [3.05, 3.63) is 28.8 Å². The molecule has 0 unspecified atom stereocenters. The van der Waals surface area contributed by atoms with Crippen molar-refractivity contribution in [2.45, 2.75) is 19.3 Å². The first-order valence-electron chi connectivity index (χ1n) is 7.01. The Morgan fingerprint density at radius 2 is 2.15 bits per heavy atom. The number of likely N-dealkylation sites (tertiary alicyclic amines) is 1. The maximum Gasteiger partial charge on any atom is 0.255 e. The summed E-state index contributed by atoms with van der Waals surface area (Å²) in [5.74, 6) is 0.367. The summed E-state index contributed by atoms with van der Waals surface area (Å²) in [5, 5.41) is 13.0. The van der Waals surface area contributed by atoms with Gasteiger partial charge in [0.25, 0.3) is 5.91 Å². The van der Waals surface area contributed by atoms with Crippen molar-refractivity contribution in [3.8, 4) is 5.75 Å². The van der Waals surface area contributed by atoms with Gasteiger partial charge in [-0.3, -0.25) is 4.79 Å². The molecule has 0 aliphatic carbocycles. The minimum atomic E-state index is -0.243. The summed E-state index contributed by atoms with van der Waals surface area (Å²) < 4.78 is 0. The van der Waals surface area contributed by atoms with Crippen molar-refractivity contribution in [2.75, 3.05) is 26.7 Å². The smallest absolute Gasteiger partial charge is 0.255 e. The van der Waals surface area contributed by atoms with Crippen molar-refractivity contribution < 1.29 is 9.90 Å². The Morgan fingerprint density at radius 3 is 2.80 bits per heavy atom. The molecule has 1 aliphatic heterocycles. The van der Waals surface area contributed by atoms with Crippen molar-refractivity contribution in [1.29, 1.82) is 0 Å². The maximum absolute atomic E-state index is 11.9. The molecule has 110 valence electrons. The monoisotopic (exact) mass is 296 g/mol. The van der Waals surface area contributed by atoms with Crippen LogP contribution < -0.4 is 5.32 Å². The zero-order valence-electron chi connectivity index (χ0n) is 11.7. The Kier molecular flexibility index (Phi) is 5.26. The highest BCUT2D eigenvalue weighted by atomic mass is 35.5. The number of halogens is 1. The van der Waals surface area contributed by atoms with Gasteiger partial charge in [0.2, 0.25) is 0 Å². The molecule has 0 bridgehead atoms. The number of aromatic hydroxyl groups is 1. The van der Waals surface area contributed by atoms with Crippen LogP contribution in [0, 0.1) is 5.92 Å². The van der Waals surface area contributed by atoms with Gasteiger partial charge in [0.1, 0.15) is 5.75 Å². The molecule has 1 aliphatic rings. The summed E-state index contributed by atoms with van der Waals surface area (Å²) in [6, 6.07) is 4.53. The molecular formula is C15H21ClN2O2. The number of phenolic OH excluding ortho intramolecular Hbond substituents is 1. The molecule has 0 radical (unpaired) electrons. The topological polar surface area (TPSA) is 52.6 Å². The number of nitrogens with zero attached hydrogens (tertiary/aromatic N) is 1. The summed E-state index contributed by atoms with van der Waals surface area (Å²) in [6.45, 7) is 2.92. The first-order valence-corrected chi connectivity index (χ1v) is 7.39. The van der Waals surface area contributed by atoms with Crippen LogP contribution in [0.2, 0.25) is 5.02 Å². The van der Waals surface area contributed by atoms with Gasteiger partial charge < -0.3 is 15.3 Å². The molecule has 0 atom stereocenters. The molecule has 1 aromatic carbocycles. The molecule has 5 heteroatoms. The third kappa shape index (κ3) is 4.12. The van der Waals surface area contributed by atoms with Gasteiger partial charge in [-0.15, -0.1) is 0 Å². The lowest BCUT2D eigenvalue weighted by Gasteiger charge is -2.28. The van der Waals surface area contributed by atoms with E-state index in [1.807, 2.05) is 0 Å². The molecule has 0 spiro atoms. The second-order valence-electron chi connectivity index (χ2n) is 5.45. The Hall–Kier alpha value is -1.26. The van der Waals surface area contributed by atoms with E-state index in [1.165, 1.54) is 18.9 Å². The number of nitrogens with one attached hydrogen (secondary N) is 1. The van der Waals surface area contributed by atoms with Crippen LogP contribution in [-0.4, -0.2) is 42.6 Å². The van der Waals surface area contributed by atoms with Crippen molar-refractivity contribution >= 4 is 17.5 Å². The van der Waals surface area contributed by atoms with E-state index in [0.717, 1.165) is 19.5 Å². The number of benzene rings is 1. The summed E-state index contributed by atoms with van der Waals surface area (Å²) in [4.78, 5) is 14.3. The summed E-state index contributed by atoms with van der Waals surface area (Å²) in [5.41, 5.74) is 0.276. The third-order valence-corrected chi connectivity index (χ3v) is 4.12. The Balaban J connectivity index is 1.77. The van der Waals surface area contributed by atoms with Crippen LogP contribution in [0.5, 0.6) is 5.75 Å². The molecule has 0 saturated carbocycles. The van der Waals surface area contributed by atoms with E-state index < -0.39 is 0 Å². The summed E-state index contributed by atoms with van der Waals surface area (Å²) in [7, 11) is 2.14. The fourth-order valence-electron chi connectivity index (χ4n) is 2.53. The number of hydrogen-bond donors (Lipinski definition) is 2. The molecule has 1 aromatic rings. The molecule has 1 amide bonds. The fraction of sp³-hybridized carbons (Fsp3) is 0.533. The van der Waals surface area contributed by atoms with E-state index in [1.54, 1.807) is 12.1 Å². The molecule has 2 rings (SSSR count). The average Bonchev–Trinajstić information content (AvgIpc) is 2.41. The van der Waals surface area contributed by atoms with Crippen LogP contribution >= 0.6 is 11.6 Å². The Labute approximate surface area is 124 Å². The standard InChI is InChI=1S/C15H21ClN2O2/c1-18-8-5-11(6-9-18)4-7-17-15(20)13-3-2-12(16)10-14(13)19/h2-3,10-11,19H,4-9H2,1H3,(H,17,20). The van der Waals surface area contributed by atoms with Gasteiger partial charge in [-0.2, -0.15) is 0 Å². The predicted octanol–water partition coefficient (Wildman–Crippen LogP) is 2.51. The van der Waals surface area contributed by atoms with Crippen LogP contribution in [0.25, 0.3) is 0 Å². The minimum absolute atomic E-state index is 0.0747. The van der Waals surface area contributed by atoms with E-state index in [4.69, 9.17) is 11.6 Å². The van der Waals surface area contributed by atoms with Crippen LogP contribution in [0.15, 0.2) is 18.2 Å². The Morgan fingerprint density at radius 1 is 1.45 bits per heavy atom. The molecule has 1 fully saturated rings. The van der Waals surface area contributed by atoms with E-state index >= 15 is 0 Å². The van der Waals surface area contributed by atoms with Crippen molar-refractivity contribution in [2.24, 2.45) is 5.92 Å². The van der Waals surface area contributed by atoms with Gasteiger partial charge in [-0.25, -0.2) is 0 Å². The van der Waals surface area contributed by atoms with Gasteiger partial charge in [0.05, 0.1) is 5.56 Å². The van der Waals surface area contributed by atoms with Gasteiger partial charge in [0, 0.05) is 11.6 Å². The van der Waals surface area contributed by atoms with E-state index in [2.05, 4.69) is 17.3 Å². The molecule has 4 nitrogen and oxygen atoms in total. The highest BCUT2D eigenvalue weighted by Gasteiger charge is 2.17. The molecule has 20 heavy (non-hydrogen) atoms. The van der Waals surface area contributed by atoms with Crippen LogP contribution in [-0.2, 0) is 0 Å². The number of rotatable bonds is 4. The van der Waals surface area contributed by atoms with Gasteiger partial charge in [-0.05, 0) is 63.5 Å². The number of piperidine rings is 1. The first-order chi connectivity index (χ1) is 9.56. The maximum atomic E-state index is 11.9. The first kappa shape index (κ1) is 15.1. The predicted molar refractivity (Wildman–Crippen MR) is 80.3 cm³/mol.